The molecule has 1 aromatic rings. The molecule has 1 aliphatic rings. The molecule has 1 aliphatic carbocycles. The molecule has 1 aromatic carbocycles. The van der Waals surface area contributed by atoms with E-state index in [0.717, 1.165) is 30.7 Å². The normalized spacial score (nSPS) is 20.0. The van der Waals surface area contributed by atoms with Gasteiger partial charge in [0.1, 0.15) is 0 Å². The molecule has 0 bridgehead atoms. The molecular formula is C16H20ClNO. The Morgan fingerprint density at radius 2 is 2.11 bits per heavy atom. The molecule has 0 aliphatic heterocycles. The highest BCUT2D eigenvalue weighted by Crippen LogP contribution is 2.18. The van der Waals surface area contributed by atoms with Gasteiger partial charge in [-0.15, -0.1) is 0 Å². The van der Waals surface area contributed by atoms with Gasteiger partial charge in [-0.05, 0) is 50.3 Å². The summed E-state index contributed by atoms with van der Waals surface area (Å²) in [5, 5.41) is 3.85. The van der Waals surface area contributed by atoms with Gasteiger partial charge in [0, 0.05) is 17.0 Å². The molecule has 0 radical (unpaired) electrons. The zero-order chi connectivity index (χ0) is 13.7. The van der Waals surface area contributed by atoms with Gasteiger partial charge in [-0.2, -0.15) is 0 Å². The van der Waals surface area contributed by atoms with E-state index >= 15 is 0 Å². The number of hydrogen-bond acceptors (Lipinski definition) is 1. The molecule has 0 saturated carbocycles. The van der Waals surface area contributed by atoms with Gasteiger partial charge >= 0.3 is 0 Å². The van der Waals surface area contributed by atoms with Crippen LogP contribution < -0.4 is 5.32 Å². The molecule has 1 N–H and O–H groups in total. The van der Waals surface area contributed by atoms with Crippen LogP contribution in [0, 0.1) is 5.92 Å². The Morgan fingerprint density at radius 1 is 1.37 bits per heavy atom. The lowest BCUT2D eigenvalue weighted by Crippen LogP contribution is -2.38. The van der Waals surface area contributed by atoms with Crippen molar-refractivity contribution in [3.63, 3.8) is 0 Å². The van der Waals surface area contributed by atoms with Crippen molar-refractivity contribution in [1.82, 2.24) is 5.32 Å². The van der Waals surface area contributed by atoms with Gasteiger partial charge in [0.25, 0.3) is 0 Å². The van der Waals surface area contributed by atoms with Crippen LogP contribution in [0.2, 0.25) is 5.02 Å². The van der Waals surface area contributed by atoms with E-state index in [2.05, 4.69) is 17.5 Å². The molecule has 0 heterocycles. The minimum atomic E-state index is 0.151. The second-order valence-corrected chi connectivity index (χ2v) is 5.66. The predicted octanol–water partition coefficient (Wildman–Crippen LogP) is 3.74. The smallest absolute Gasteiger partial charge is 0.223 e. The summed E-state index contributed by atoms with van der Waals surface area (Å²) >= 11 is 5.86. The Balaban J connectivity index is 1.83. The van der Waals surface area contributed by atoms with Crippen LogP contribution in [0.3, 0.4) is 0 Å². The topological polar surface area (TPSA) is 29.1 Å². The summed E-state index contributed by atoms with van der Waals surface area (Å²) < 4.78 is 0. The van der Waals surface area contributed by atoms with Gasteiger partial charge in [0.05, 0.1) is 0 Å². The Morgan fingerprint density at radius 3 is 2.74 bits per heavy atom. The van der Waals surface area contributed by atoms with Crippen LogP contribution >= 0.6 is 11.6 Å². The number of carbonyl (C=O) groups is 1. The van der Waals surface area contributed by atoms with Crippen LogP contribution in [-0.4, -0.2) is 11.9 Å². The lowest BCUT2D eigenvalue weighted by Gasteiger charge is -2.21. The molecule has 0 fully saturated rings. The summed E-state index contributed by atoms with van der Waals surface area (Å²) in [6.07, 6.45) is 7.96. The largest absolute Gasteiger partial charge is 0.353 e. The number of amides is 1. The van der Waals surface area contributed by atoms with Crippen molar-refractivity contribution >= 4 is 17.5 Å². The lowest BCUT2D eigenvalue weighted by atomic mass is 9.93. The molecule has 0 saturated heterocycles. The number of rotatable bonds is 4. The fourth-order valence-electron chi connectivity index (χ4n) is 2.42. The van der Waals surface area contributed by atoms with Crippen molar-refractivity contribution in [3.8, 4) is 0 Å². The van der Waals surface area contributed by atoms with Crippen molar-refractivity contribution < 1.29 is 4.79 Å². The Bertz CT molecular complexity index is 452. The quantitative estimate of drug-likeness (QED) is 0.835. The molecule has 3 heteroatoms. The molecule has 19 heavy (non-hydrogen) atoms. The summed E-state index contributed by atoms with van der Waals surface area (Å²) in [6.45, 7) is 2.05. The third-order valence-corrected chi connectivity index (χ3v) is 3.74. The molecule has 0 spiro atoms. The van der Waals surface area contributed by atoms with Gasteiger partial charge in [-0.25, -0.2) is 0 Å². The van der Waals surface area contributed by atoms with Gasteiger partial charge in [-0.3, -0.25) is 4.79 Å². The molecule has 2 atom stereocenters. The standard InChI is InChI=1S/C16H20ClNO/c1-12(11-13-7-9-15(17)10-8-13)18-16(19)14-5-3-2-4-6-14/h2-3,7-10,12,14H,4-6,11H2,1H3,(H,18,19). The minimum Gasteiger partial charge on any atom is -0.353 e. The van der Waals surface area contributed by atoms with E-state index in [-0.39, 0.29) is 17.9 Å². The molecule has 0 aromatic heterocycles. The molecule has 2 rings (SSSR count). The second kappa shape index (κ2) is 6.76. The SMILES string of the molecule is CC(Cc1ccc(Cl)cc1)NC(=O)C1CC=CCC1. The van der Waals surface area contributed by atoms with E-state index < -0.39 is 0 Å². The van der Waals surface area contributed by atoms with Crippen molar-refractivity contribution in [2.45, 2.75) is 38.6 Å². The highest BCUT2D eigenvalue weighted by molar-refractivity contribution is 6.30. The van der Waals surface area contributed by atoms with E-state index in [1.54, 1.807) is 0 Å². The van der Waals surface area contributed by atoms with Crippen LogP contribution in [0.5, 0.6) is 0 Å². The fourth-order valence-corrected chi connectivity index (χ4v) is 2.54. The van der Waals surface area contributed by atoms with E-state index in [1.807, 2.05) is 31.2 Å². The first-order valence-corrected chi connectivity index (χ1v) is 7.23. The zero-order valence-electron chi connectivity index (χ0n) is 11.2. The average molecular weight is 278 g/mol. The predicted molar refractivity (Wildman–Crippen MR) is 79.2 cm³/mol. The monoisotopic (exact) mass is 277 g/mol. The zero-order valence-corrected chi connectivity index (χ0v) is 12.0. The summed E-state index contributed by atoms with van der Waals surface area (Å²) in [6, 6.07) is 7.94. The molecule has 102 valence electrons. The van der Waals surface area contributed by atoms with Gasteiger partial charge < -0.3 is 5.32 Å². The molecular weight excluding hydrogens is 258 g/mol. The number of nitrogens with one attached hydrogen (secondary N) is 1. The van der Waals surface area contributed by atoms with Crippen LogP contribution in [0.1, 0.15) is 31.7 Å². The first-order valence-electron chi connectivity index (χ1n) is 6.85. The molecule has 1 amide bonds. The maximum Gasteiger partial charge on any atom is 0.223 e. The fraction of sp³-hybridized carbons (Fsp3) is 0.438. The van der Waals surface area contributed by atoms with Crippen molar-refractivity contribution in [2.75, 3.05) is 0 Å². The summed E-state index contributed by atoms with van der Waals surface area (Å²) in [4.78, 5) is 12.1. The first kappa shape index (κ1) is 14.1. The van der Waals surface area contributed by atoms with Crippen molar-refractivity contribution in [2.24, 2.45) is 5.92 Å². The summed E-state index contributed by atoms with van der Waals surface area (Å²) in [7, 11) is 0. The highest BCUT2D eigenvalue weighted by Gasteiger charge is 2.19. The minimum absolute atomic E-state index is 0.151. The number of halogens is 1. The van der Waals surface area contributed by atoms with E-state index in [1.165, 1.54) is 5.56 Å². The number of hydrogen-bond donors (Lipinski definition) is 1. The molecule has 2 nitrogen and oxygen atoms in total. The van der Waals surface area contributed by atoms with Gasteiger partial charge in [-0.1, -0.05) is 35.9 Å². The lowest BCUT2D eigenvalue weighted by molar-refractivity contribution is -0.125. The average Bonchev–Trinajstić information content (AvgIpc) is 2.42. The van der Waals surface area contributed by atoms with Crippen molar-refractivity contribution in [1.29, 1.82) is 0 Å². The van der Waals surface area contributed by atoms with Gasteiger partial charge in [0.2, 0.25) is 5.91 Å². The third-order valence-electron chi connectivity index (χ3n) is 3.48. The van der Waals surface area contributed by atoms with E-state index in [9.17, 15) is 4.79 Å². The number of benzene rings is 1. The van der Waals surface area contributed by atoms with Crippen molar-refractivity contribution in [3.05, 3.63) is 47.0 Å². The number of carbonyl (C=O) groups excluding carboxylic acids is 1. The van der Waals surface area contributed by atoms with Crippen LogP contribution in [0.15, 0.2) is 36.4 Å². The van der Waals surface area contributed by atoms with E-state index in [4.69, 9.17) is 11.6 Å². The highest BCUT2D eigenvalue weighted by atomic mass is 35.5. The number of allylic oxidation sites excluding steroid dienone is 2. The van der Waals surface area contributed by atoms with Crippen LogP contribution in [0.25, 0.3) is 0 Å². The Kier molecular flexibility index (Phi) is 5.03. The Hall–Kier alpha value is -1.28. The second-order valence-electron chi connectivity index (χ2n) is 5.22. The molecule has 2 unspecified atom stereocenters. The Labute approximate surface area is 119 Å². The van der Waals surface area contributed by atoms with Crippen LogP contribution in [0.4, 0.5) is 0 Å². The summed E-state index contributed by atoms with van der Waals surface area (Å²) in [5.74, 6) is 0.337. The maximum absolute atomic E-state index is 12.1. The third kappa shape index (κ3) is 4.39. The van der Waals surface area contributed by atoms with Crippen LogP contribution in [-0.2, 0) is 11.2 Å². The maximum atomic E-state index is 12.1. The summed E-state index contributed by atoms with van der Waals surface area (Å²) in [5.41, 5.74) is 1.20. The van der Waals surface area contributed by atoms with Gasteiger partial charge in [0.15, 0.2) is 0 Å². The first-order chi connectivity index (χ1) is 9.15. The van der Waals surface area contributed by atoms with E-state index in [0.29, 0.717) is 0 Å².